The minimum Gasteiger partial charge on any atom is -0.480 e. The van der Waals surface area contributed by atoms with Crippen LogP contribution in [0.3, 0.4) is 0 Å². The van der Waals surface area contributed by atoms with Gasteiger partial charge in [0, 0.05) is 18.3 Å². The fourth-order valence-corrected chi connectivity index (χ4v) is 4.62. The lowest BCUT2D eigenvalue weighted by Crippen LogP contribution is -2.33. The third-order valence-corrected chi connectivity index (χ3v) is 6.36. The molecule has 0 atom stereocenters. The van der Waals surface area contributed by atoms with Gasteiger partial charge in [-0.05, 0) is 22.3 Å². The number of thiazole rings is 1. The smallest absolute Gasteiger partial charge is 0.407 e. The van der Waals surface area contributed by atoms with Gasteiger partial charge in [-0.3, -0.25) is 9.59 Å². The molecule has 4 rings (SSSR count). The van der Waals surface area contributed by atoms with Gasteiger partial charge >= 0.3 is 12.1 Å². The van der Waals surface area contributed by atoms with Gasteiger partial charge in [0.25, 0.3) is 0 Å². The van der Waals surface area contributed by atoms with Gasteiger partial charge in [-0.15, -0.1) is 11.3 Å². The maximum atomic E-state index is 12.3. The maximum Gasteiger partial charge on any atom is 0.407 e. The van der Waals surface area contributed by atoms with Gasteiger partial charge in [-0.25, -0.2) is 9.78 Å². The zero-order valence-electron chi connectivity index (χ0n) is 18.0. The third-order valence-electron chi connectivity index (χ3n) is 5.46. The topological polar surface area (TPSA) is 109 Å². The van der Waals surface area contributed by atoms with Crippen LogP contribution in [0.5, 0.6) is 0 Å². The lowest BCUT2D eigenvalue weighted by Gasteiger charge is -2.14. The number of aromatic nitrogens is 1. The number of ether oxygens (including phenoxy) is 1. The van der Waals surface area contributed by atoms with Crippen molar-refractivity contribution in [2.45, 2.75) is 18.9 Å². The molecule has 2 aromatic carbocycles. The Balaban J connectivity index is 1.29. The average Bonchev–Trinajstić information content (AvgIpc) is 3.38. The van der Waals surface area contributed by atoms with Crippen molar-refractivity contribution in [1.29, 1.82) is 0 Å². The normalized spacial score (nSPS) is 12.0. The van der Waals surface area contributed by atoms with Gasteiger partial charge in [-0.2, -0.15) is 0 Å². The summed E-state index contributed by atoms with van der Waals surface area (Å²) in [6, 6.07) is 16.3. The van der Waals surface area contributed by atoms with E-state index in [0.29, 0.717) is 10.7 Å². The van der Waals surface area contributed by atoms with E-state index < -0.39 is 12.1 Å². The SMILES string of the molecule is CN(CC(=O)O)C(=O)Cc1csc(CNC(=O)OCC2c3ccccc3-c3ccccc32)n1. The Hall–Kier alpha value is -3.72. The monoisotopic (exact) mass is 465 g/mol. The fourth-order valence-electron chi connectivity index (χ4n) is 3.89. The van der Waals surface area contributed by atoms with Gasteiger partial charge in [0.2, 0.25) is 5.91 Å². The van der Waals surface area contributed by atoms with Crippen molar-refractivity contribution < 1.29 is 24.2 Å². The predicted molar refractivity (Wildman–Crippen MR) is 123 cm³/mol. The quantitative estimate of drug-likeness (QED) is 0.529. The molecule has 0 saturated heterocycles. The first kappa shape index (κ1) is 22.5. The van der Waals surface area contributed by atoms with Crippen LogP contribution in [-0.4, -0.2) is 53.2 Å². The fraction of sp³-hybridized carbons (Fsp3) is 0.250. The van der Waals surface area contributed by atoms with E-state index >= 15 is 0 Å². The van der Waals surface area contributed by atoms with Crippen LogP contribution in [0, 0.1) is 0 Å². The zero-order valence-corrected chi connectivity index (χ0v) is 18.8. The summed E-state index contributed by atoms with van der Waals surface area (Å²) in [4.78, 5) is 40.5. The minimum atomic E-state index is -1.07. The molecule has 170 valence electrons. The molecule has 3 aromatic rings. The summed E-state index contributed by atoms with van der Waals surface area (Å²) < 4.78 is 5.51. The summed E-state index contributed by atoms with van der Waals surface area (Å²) in [5, 5.41) is 13.8. The molecule has 2 N–H and O–H groups in total. The zero-order chi connectivity index (χ0) is 23.4. The molecule has 0 fully saturated rings. The van der Waals surface area contributed by atoms with Crippen LogP contribution in [0.2, 0.25) is 0 Å². The number of benzene rings is 2. The number of carbonyl (C=O) groups excluding carboxylic acids is 2. The highest BCUT2D eigenvalue weighted by molar-refractivity contribution is 7.09. The van der Waals surface area contributed by atoms with Gasteiger partial charge < -0.3 is 20.1 Å². The first-order valence-electron chi connectivity index (χ1n) is 10.4. The average molecular weight is 466 g/mol. The molecule has 9 heteroatoms. The van der Waals surface area contributed by atoms with Crippen LogP contribution in [0.1, 0.15) is 27.7 Å². The molecule has 1 aliphatic carbocycles. The van der Waals surface area contributed by atoms with Crippen LogP contribution < -0.4 is 5.32 Å². The van der Waals surface area contributed by atoms with Crippen LogP contribution in [0.25, 0.3) is 11.1 Å². The van der Waals surface area contributed by atoms with E-state index in [1.807, 2.05) is 24.3 Å². The number of rotatable bonds is 8. The maximum absolute atomic E-state index is 12.3. The Morgan fingerprint density at radius 2 is 1.73 bits per heavy atom. The predicted octanol–water partition coefficient (Wildman–Crippen LogP) is 3.27. The van der Waals surface area contributed by atoms with Crippen molar-refractivity contribution in [2.75, 3.05) is 20.2 Å². The van der Waals surface area contributed by atoms with E-state index in [9.17, 15) is 14.4 Å². The summed E-state index contributed by atoms with van der Waals surface area (Å²) in [6.45, 7) is 0.0487. The standard InChI is InChI=1S/C24H23N3O5S/c1-27(12-23(29)30)22(28)10-15-14-33-21(26-15)11-25-24(31)32-13-20-18-8-4-2-6-16(18)17-7-3-5-9-19(17)20/h2-9,14,20H,10-13H2,1H3,(H,25,31)(H,29,30). The molecule has 1 aliphatic rings. The number of alkyl carbamates (subject to hydrolysis) is 1. The minimum absolute atomic E-state index is 0.00518. The second kappa shape index (κ2) is 9.83. The van der Waals surface area contributed by atoms with Crippen LogP contribution in [0.4, 0.5) is 4.79 Å². The van der Waals surface area contributed by atoms with Crippen LogP contribution in [-0.2, 0) is 27.3 Å². The number of carbonyl (C=O) groups is 3. The Labute approximate surface area is 194 Å². The Morgan fingerprint density at radius 3 is 2.36 bits per heavy atom. The van der Waals surface area contributed by atoms with Crippen molar-refractivity contribution in [3.05, 3.63) is 75.7 Å². The first-order chi connectivity index (χ1) is 15.9. The number of nitrogens with zero attached hydrogens (tertiary/aromatic N) is 2. The first-order valence-corrected chi connectivity index (χ1v) is 11.3. The largest absolute Gasteiger partial charge is 0.480 e. The molecule has 0 spiro atoms. The number of carboxylic acids is 1. The summed E-state index contributed by atoms with van der Waals surface area (Å²) in [7, 11) is 1.43. The van der Waals surface area contributed by atoms with Gasteiger partial charge in [0.05, 0.1) is 18.7 Å². The Bertz CT molecular complexity index is 1150. The summed E-state index contributed by atoms with van der Waals surface area (Å²) in [5.74, 6) is -1.42. The van der Waals surface area contributed by atoms with Crippen LogP contribution in [0.15, 0.2) is 53.9 Å². The van der Waals surface area contributed by atoms with E-state index in [1.165, 1.54) is 29.5 Å². The molecule has 0 radical (unpaired) electrons. The molecular weight excluding hydrogens is 442 g/mol. The lowest BCUT2D eigenvalue weighted by molar-refractivity contribution is -0.143. The molecule has 2 amide bonds. The molecule has 0 unspecified atom stereocenters. The van der Waals surface area contributed by atoms with E-state index in [-0.39, 0.29) is 37.9 Å². The molecule has 1 heterocycles. The summed E-state index contributed by atoms with van der Waals surface area (Å²) in [6.07, 6.45) is -0.531. The van der Waals surface area contributed by atoms with Crippen molar-refractivity contribution >= 4 is 29.3 Å². The third kappa shape index (κ3) is 5.20. The van der Waals surface area contributed by atoms with Gasteiger partial charge in [-0.1, -0.05) is 48.5 Å². The van der Waals surface area contributed by atoms with E-state index in [1.54, 1.807) is 5.38 Å². The number of carboxylic acid groups (broad SMARTS) is 1. The Kier molecular flexibility index (Phi) is 6.69. The molecule has 33 heavy (non-hydrogen) atoms. The summed E-state index contributed by atoms with van der Waals surface area (Å²) >= 11 is 1.32. The number of hydrogen-bond acceptors (Lipinski definition) is 6. The highest BCUT2D eigenvalue weighted by Gasteiger charge is 2.29. The van der Waals surface area contributed by atoms with E-state index in [4.69, 9.17) is 9.84 Å². The van der Waals surface area contributed by atoms with Gasteiger partial charge in [0.15, 0.2) is 0 Å². The lowest BCUT2D eigenvalue weighted by atomic mass is 9.98. The number of nitrogens with one attached hydrogen (secondary N) is 1. The highest BCUT2D eigenvalue weighted by Crippen LogP contribution is 2.44. The molecule has 1 aromatic heterocycles. The highest BCUT2D eigenvalue weighted by atomic mass is 32.1. The Morgan fingerprint density at radius 1 is 1.09 bits per heavy atom. The number of hydrogen-bond donors (Lipinski definition) is 2. The molecule has 0 bridgehead atoms. The van der Waals surface area contributed by atoms with Crippen molar-refractivity contribution in [3.8, 4) is 11.1 Å². The number of aliphatic carboxylic acids is 1. The van der Waals surface area contributed by atoms with E-state index in [0.717, 1.165) is 16.0 Å². The van der Waals surface area contributed by atoms with E-state index in [2.05, 4.69) is 34.6 Å². The molecule has 0 saturated carbocycles. The second-order valence-corrected chi connectivity index (χ2v) is 8.67. The van der Waals surface area contributed by atoms with Crippen molar-refractivity contribution in [2.24, 2.45) is 0 Å². The molecule has 0 aliphatic heterocycles. The van der Waals surface area contributed by atoms with Crippen molar-refractivity contribution in [3.63, 3.8) is 0 Å². The number of likely N-dealkylation sites (N-methyl/N-ethyl adjacent to an activating group) is 1. The molecular formula is C24H23N3O5S. The van der Waals surface area contributed by atoms with Gasteiger partial charge in [0.1, 0.15) is 18.2 Å². The van der Waals surface area contributed by atoms with Crippen LogP contribution >= 0.6 is 11.3 Å². The number of fused-ring (bicyclic) bond motifs is 3. The number of amides is 2. The van der Waals surface area contributed by atoms with Crippen molar-refractivity contribution in [1.82, 2.24) is 15.2 Å². The molecule has 8 nitrogen and oxygen atoms in total. The second-order valence-electron chi connectivity index (χ2n) is 7.73. The summed E-state index contributed by atoms with van der Waals surface area (Å²) in [5.41, 5.74) is 5.16.